The van der Waals surface area contributed by atoms with Crippen molar-refractivity contribution in [1.29, 1.82) is 5.26 Å². The number of hydrogen-bond donors (Lipinski definition) is 0. The zero-order chi connectivity index (χ0) is 16.1. The summed E-state index contributed by atoms with van der Waals surface area (Å²) in [5, 5.41) is 8.86. The fourth-order valence-electron chi connectivity index (χ4n) is 2.85. The largest absolute Gasteiger partial charge is 0.373 e. The molecule has 3 rings (SSSR count). The maximum absolute atomic E-state index is 8.86. The molecule has 0 amide bonds. The summed E-state index contributed by atoms with van der Waals surface area (Å²) < 4.78 is 11.8. The summed E-state index contributed by atoms with van der Waals surface area (Å²) in [4.78, 5) is 0. The lowest BCUT2D eigenvalue weighted by Crippen LogP contribution is -2.30. The Hall–Kier alpha value is -2.15. The Balaban J connectivity index is 1.66. The highest BCUT2D eigenvalue weighted by molar-refractivity contribution is 5.64. The fraction of sp³-hybridized carbons (Fsp3) is 0.350. The maximum atomic E-state index is 8.86. The highest BCUT2D eigenvalue weighted by Gasteiger charge is 2.22. The molecule has 1 aliphatic rings. The van der Waals surface area contributed by atoms with Crippen molar-refractivity contribution in [2.24, 2.45) is 0 Å². The van der Waals surface area contributed by atoms with Crippen LogP contribution in [0.2, 0.25) is 0 Å². The molecule has 0 aliphatic carbocycles. The van der Waals surface area contributed by atoms with Gasteiger partial charge < -0.3 is 9.47 Å². The van der Waals surface area contributed by atoms with Crippen LogP contribution in [0.25, 0.3) is 11.1 Å². The molecule has 3 heteroatoms. The summed E-state index contributed by atoms with van der Waals surface area (Å²) >= 11 is 0. The molecular weight excluding hydrogens is 286 g/mol. The second-order valence-corrected chi connectivity index (χ2v) is 5.88. The van der Waals surface area contributed by atoms with E-state index in [0.29, 0.717) is 18.8 Å². The summed E-state index contributed by atoms with van der Waals surface area (Å²) in [6, 6.07) is 18.2. The molecule has 1 aliphatic heterocycles. The summed E-state index contributed by atoms with van der Waals surface area (Å²) in [5.41, 5.74) is 4.08. The summed E-state index contributed by atoms with van der Waals surface area (Å²) in [6.07, 6.45) is 2.45. The van der Waals surface area contributed by atoms with Gasteiger partial charge in [-0.25, -0.2) is 0 Å². The average Bonchev–Trinajstić information content (AvgIpc) is 2.63. The predicted molar refractivity (Wildman–Crippen MR) is 89.9 cm³/mol. The normalized spacial score (nSPS) is 20.9. The summed E-state index contributed by atoms with van der Waals surface area (Å²) in [7, 11) is 0. The van der Waals surface area contributed by atoms with E-state index in [2.05, 4.69) is 37.3 Å². The van der Waals surface area contributed by atoms with Crippen molar-refractivity contribution in [3.05, 3.63) is 59.7 Å². The second-order valence-electron chi connectivity index (χ2n) is 5.88. The maximum Gasteiger partial charge on any atom is 0.106 e. The van der Waals surface area contributed by atoms with E-state index in [4.69, 9.17) is 14.7 Å². The molecule has 2 aromatic carbocycles. The topological polar surface area (TPSA) is 42.2 Å². The molecule has 3 nitrogen and oxygen atoms in total. The van der Waals surface area contributed by atoms with Gasteiger partial charge in [-0.05, 0) is 35.2 Å². The Bertz CT molecular complexity index is 662. The molecule has 0 spiro atoms. The third-order valence-electron chi connectivity index (χ3n) is 4.21. The molecule has 0 N–H and O–H groups in total. The molecule has 2 atom stereocenters. The highest BCUT2D eigenvalue weighted by atomic mass is 16.6. The Morgan fingerprint density at radius 2 is 1.61 bits per heavy atom. The minimum Gasteiger partial charge on any atom is -0.373 e. The van der Waals surface area contributed by atoms with Crippen molar-refractivity contribution >= 4 is 0 Å². The van der Waals surface area contributed by atoms with Crippen LogP contribution in [0.4, 0.5) is 0 Å². The molecule has 1 saturated heterocycles. The summed E-state index contributed by atoms with van der Waals surface area (Å²) in [6.45, 7) is 3.47. The van der Waals surface area contributed by atoms with Crippen molar-refractivity contribution < 1.29 is 9.47 Å². The zero-order valence-electron chi connectivity index (χ0n) is 13.4. The van der Waals surface area contributed by atoms with Crippen LogP contribution in [0.5, 0.6) is 0 Å². The van der Waals surface area contributed by atoms with Gasteiger partial charge in [0.2, 0.25) is 0 Å². The fourth-order valence-corrected chi connectivity index (χ4v) is 2.85. The van der Waals surface area contributed by atoms with E-state index < -0.39 is 0 Å². The zero-order valence-corrected chi connectivity index (χ0v) is 13.4. The van der Waals surface area contributed by atoms with Gasteiger partial charge in [0.1, 0.15) is 6.10 Å². The molecular formula is C20H21NO2. The van der Waals surface area contributed by atoms with Gasteiger partial charge in [0, 0.05) is 0 Å². The molecule has 2 aromatic rings. The first-order valence-electron chi connectivity index (χ1n) is 8.14. The van der Waals surface area contributed by atoms with Crippen LogP contribution >= 0.6 is 0 Å². The molecule has 118 valence electrons. The summed E-state index contributed by atoms with van der Waals surface area (Å²) in [5.74, 6) is 0. The number of rotatable bonds is 4. The molecule has 0 aromatic heterocycles. The van der Waals surface area contributed by atoms with Crippen molar-refractivity contribution in [3.8, 4) is 17.2 Å². The third kappa shape index (κ3) is 3.79. The van der Waals surface area contributed by atoms with Gasteiger partial charge in [-0.3, -0.25) is 0 Å². The molecule has 1 fully saturated rings. The van der Waals surface area contributed by atoms with Crippen molar-refractivity contribution in [2.45, 2.75) is 32.0 Å². The van der Waals surface area contributed by atoms with E-state index in [1.165, 1.54) is 0 Å². The number of nitriles is 1. The Kier molecular flexibility index (Phi) is 5.07. The highest BCUT2D eigenvalue weighted by Crippen LogP contribution is 2.27. The Morgan fingerprint density at radius 3 is 2.13 bits per heavy atom. The molecule has 0 unspecified atom stereocenters. The molecule has 23 heavy (non-hydrogen) atoms. The van der Waals surface area contributed by atoms with E-state index >= 15 is 0 Å². The van der Waals surface area contributed by atoms with E-state index in [0.717, 1.165) is 29.5 Å². The minimum atomic E-state index is 0.0260. The Labute approximate surface area is 137 Å². The SMILES string of the molecule is CCC[C@@H]1CO[C@@H](c2ccc(-c3ccc(C#N)cc3)cc2)CO1. The van der Waals surface area contributed by atoms with Crippen molar-refractivity contribution in [1.82, 2.24) is 0 Å². The van der Waals surface area contributed by atoms with Crippen molar-refractivity contribution in [2.75, 3.05) is 13.2 Å². The number of ether oxygens (including phenoxy) is 2. The third-order valence-corrected chi connectivity index (χ3v) is 4.21. The predicted octanol–water partition coefficient (Wildman–Crippen LogP) is 4.48. The standard InChI is InChI=1S/C20H21NO2/c1-2-3-19-13-23-20(14-22-19)18-10-8-17(9-11-18)16-6-4-15(12-21)5-7-16/h4-11,19-20H,2-3,13-14H2,1H3/t19-,20-/m1/s1. The van der Waals surface area contributed by atoms with Crippen LogP contribution in [0.1, 0.15) is 37.0 Å². The average molecular weight is 307 g/mol. The monoisotopic (exact) mass is 307 g/mol. The Morgan fingerprint density at radius 1 is 0.957 bits per heavy atom. The van der Waals surface area contributed by atoms with Crippen molar-refractivity contribution in [3.63, 3.8) is 0 Å². The van der Waals surface area contributed by atoms with Crippen LogP contribution in [0, 0.1) is 11.3 Å². The van der Waals surface area contributed by atoms with Gasteiger partial charge in [-0.15, -0.1) is 0 Å². The number of benzene rings is 2. The van der Waals surface area contributed by atoms with Gasteiger partial charge in [0.25, 0.3) is 0 Å². The molecule has 0 saturated carbocycles. The number of nitrogens with zero attached hydrogens (tertiary/aromatic N) is 1. The smallest absolute Gasteiger partial charge is 0.106 e. The van der Waals surface area contributed by atoms with Gasteiger partial charge in [0.05, 0.1) is 31.0 Å². The van der Waals surface area contributed by atoms with E-state index in [1.807, 2.05) is 24.3 Å². The lowest BCUT2D eigenvalue weighted by Gasteiger charge is -2.29. The molecule has 0 bridgehead atoms. The first kappa shape index (κ1) is 15.7. The first-order chi connectivity index (χ1) is 11.3. The lowest BCUT2D eigenvalue weighted by molar-refractivity contribution is -0.137. The molecule has 1 heterocycles. The quantitative estimate of drug-likeness (QED) is 0.836. The second kappa shape index (κ2) is 7.41. The van der Waals surface area contributed by atoms with Crippen LogP contribution in [-0.4, -0.2) is 19.3 Å². The van der Waals surface area contributed by atoms with Crippen LogP contribution in [0.3, 0.4) is 0 Å². The number of hydrogen-bond acceptors (Lipinski definition) is 3. The van der Waals surface area contributed by atoms with Crippen LogP contribution in [0.15, 0.2) is 48.5 Å². The van der Waals surface area contributed by atoms with E-state index in [1.54, 1.807) is 0 Å². The minimum absolute atomic E-state index is 0.0260. The van der Waals surface area contributed by atoms with Crippen LogP contribution < -0.4 is 0 Å². The molecule has 0 radical (unpaired) electrons. The van der Waals surface area contributed by atoms with Crippen LogP contribution in [-0.2, 0) is 9.47 Å². The van der Waals surface area contributed by atoms with E-state index in [-0.39, 0.29) is 12.2 Å². The van der Waals surface area contributed by atoms with Gasteiger partial charge in [-0.1, -0.05) is 49.7 Å². The van der Waals surface area contributed by atoms with Gasteiger partial charge >= 0.3 is 0 Å². The van der Waals surface area contributed by atoms with Gasteiger partial charge in [-0.2, -0.15) is 5.26 Å². The first-order valence-corrected chi connectivity index (χ1v) is 8.14. The van der Waals surface area contributed by atoms with Gasteiger partial charge in [0.15, 0.2) is 0 Å². The van der Waals surface area contributed by atoms with E-state index in [9.17, 15) is 0 Å². The lowest BCUT2D eigenvalue weighted by atomic mass is 10.0.